The second kappa shape index (κ2) is 5.66. The lowest BCUT2D eigenvalue weighted by molar-refractivity contribution is 0.243. The Kier molecular flexibility index (Phi) is 3.28. The molecule has 0 atom stereocenters. The lowest BCUT2D eigenvalue weighted by Crippen LogP contribution is -2.36. The van der Waals surface area contributed by atoms with Crippen LogP contribution < -0.4 is 5.73 Å². The van der Waals surface area contributed by atoms with Crippen LogP contribution in [0, 0.1) is 0 Å². The van der Waals surface area contributed by atoms with Crippen molar-refractivity contribution in [1.29, 1.82) is 0 Å². The Bertz CT molecular complexity index is 1030. The zero-order chi connectivity index (χ0) is 17.6. The summed E-state index contributed by atoms with van der Waals surface area (Å²) >= 11 is 0. The largest absolute Gasteiger partial charge is 0.440 e. The molecule has 0 amide bonds. The van der Waals surface area contributed by atoms with Gasteiger partial charge in [-0.1, -0.05) is 18.6 Å². The Morgan fingerprint density at radius 3 is 2.31 bits per heavy atom. The molecule has 5 nitrogen and oxygen atoms in total. The standard InChI is InChI=1S/C21H18N4O/c22-16-8-6-14(7-9-16)19-23-12-15(13-24-19)21(10-3-11-21)20-25-17-4-1-2-5-18(17)26-20/h1-2,4-9,12-13H,3,10-11,22H2. The van der Waals surface area contributed by atoms with E-state index in [0.29, 0.717) is 5.82 Å². The van der Waals surface area contributed by atoms with E-state index in [4.69, 9.17) is 15.1 Å². The highest BCUT2D eigenvalue weighted by Gasteiger charge is 2.45. The number of benzene rings is 2. The van der Waals surface area contributed by atoms with Gasteiger partial charge in [-0.15, -0.1) is 0 Å². The number of hydrogen-bond donors (Lipinski definition) is 1. The smallest absolute Gasteiger partial charge is 0.206 e. The topological polar surface area (TPSA) is 77.8 Å². The molecule has 0 spiro atoms. The van der Waals surface area contributed by atoms with Crippen LogP contribution in [0.25, 0.3) is 22.5 Å². The number of nitrogen functional groups attached to an aromatic ring is 1. The molecule has 2 heterocycles. The summed E-state index contributed by atoms with van der Waals surface area (Å²) in [6.07, 6.45) is 6.98. The van der Waals surface area contributed by atoms with E-state index in [-0.39, 0.29) is 5.41 Å². The first kappa shape index (κ1) is 15.1. The van der Waals surface area contributed by atoms with E-state index in [1.165, 1.54) is 0 Å². The maximum atomic E-state index is 6.08. The molecule has 1 aliphatic rings. The van der Waals surface area contributed by atoms with E-state index in [9.17, 15) is 0 Å². The van der Waals surface area contributed by atoms with Crippen LogP contribution in [0.2, 0.25) is 0 Å². The van der Waals surface area contributed by atoms with Gasteiger partial charge in [0.05, 0.1) is 5.41 Å². The third-order valence-electron chi connectivity index (χ3n) is 5.28. The van der Waals surface area contributed by atoms with Crippen LogP contribution in [0.15, 0.2) is 65.3 Å². The summed E-state index contributed by atoms with van der Waals surface area (Å²) in [4.78, 5) is 13.9. The molecule has 0 radical (unpaired) electrons. The monoisotopic (exact) mass is 342 g/mol. The maximum absolute atomic E-state index is 6.08. The highest BCUT2D eigenvalue weighted by Crippen LogP contribution is 2.48. The Balaban J connectivity index is 1.53. The van der Waals surface area contributed by atoms with Crippen LogP contribution in [0.1, 0.15) is 30.7 Å². The van der Waals surface area contributed by atoms with E-state index in [0.717, 1.165) is 53.1 Å². The number of nitrogens with two attached hydrogens (primary N) is 1. The molecule has 1 fully saturated rings. The summed E-state index contributed by atoms with van der Waals surface area (Å²) in [5, 5.41) is 0. The number of hydrogen-bond acceptors (Lipinski definition) is 5. The Hall–Kier alpha value is -3.21. The molecule has 5 heteroatoms. The van der Waals surface area contributed by atoms with Crippen LogP contribution >= 0.6 is 0 Å². The van der Waals surface area contributed by atoms with Crippen molar-refractivity contribution in [3.8, 4) is 11.4 Å². The predicted octanol–water partition coefficient (Wildman–Crippen LogP) is 4.34. The van der Waals surface area contributed by atoms with E-state index < -0.39 is 0 Å². The van der Waals surface area contributed by atoms with E-state index in [1.807, 2.05) is 60.9 Å². The van der Waals surface area contributed by atoms with Gasteiger partial charge in [-0.3, -0.25) is 0 Å². The fraction of sp³-hybridized carbons (Fsp3) is 0.190. The van der Waals surface area contributed by atoms with Gasteiger partial charge in [-0.05, 0) is 49.2 Å². The summed E-state index contributed by atoms with van der Waals surface area (Å²) in [6, 6.07) is 15.5. The molecule has 2 N–H and O–H groups in total. The molecular formula is C21H18N4O. The van der Waals surface area contributed by atoms with Gasteiger partial charge >= 0.3 is 0 Å². The van der Waals surface area contributed by atoms with Gasteiger partial charge in [0.1, 0.15) is 5.52 Å². The molecule has 128 valence electrons. The third kappa shape index (κ3) is 2.28. The first-order valence-electron chi connectivity index (χ1n) is 8.79. The molecule has 26 heavy (non-hydrogen) atoms. The van der Waals surface area contributed by atoms with E-state index in [1.54, 1.807) is 0 Å². The molecule has 1 aliphatic carbocycles. The lowest BCUT2D eigenvalue weighted by Gasteiger charge is -2.38. The number of oxazole rings is 1. The van der Waals surface area contributed by atoms with Crippen LogP contribution in [0.5, 0.6) is 0 Å². The van der Waals surface area contributed by atoms with Crippen LogP contribution in [0.4, 0.5) is 5.69 Å². The van der Waals surface area contributed by atoms with Crippen LogP contribution in [-0.2, 0) is 5.41 Å². The van der Waals surface area contributed by atoms with Crippen molar-refractivity contribution in [3.05, 3.63) is 72.4 Å². The lowest BCUT2D eigenvalue weighted by atomic mass is 9.65. The van der Waals surface area contributed by atoms with Crippen LogP contribution in [0.3, 0.4) is 0 Å². The summed E-state index contributed by atoms with van der Waals surface area (Å²) in [7, 11) is 0. The van der Waals surface area contributed by atoms with Crippen molar-refractivity contribution < 1.29 is 4.42 Å². The fourth-order valence-corrected chi connectivity index (χ4v) is 3.59. The highest BCUT2D eigenvalue weighted by molar-refractivity contribution is 5.72. The minimum Gasteiger partial charge on any atom is -0.440 e. The quantitative estimate of drug-likeness (QED) is 0.560. The number of nitrogens with zero attached hydrogens (tertiary/aromatic N) is 3. The average Bonchev–Trinajstić information content (AvgIpc) is 3.06. The number of rotatable bonds is 3. The highest BCUT2D eigenvalue weighted by atomic mass is 16.3. The fourth-order valence-electron chi connectivity index (χ4n) is 3.59. The number of fused-ring (bicyclic) bond motifs is 1. The van der Waals surface area contributed by atoms with Gasteiger partial charge in [-0.25, -0.2) is 15.0 Å². The first-order chi connectivity index (χ1) is 12.7. The van der Waals surface area contributed by atoms with E-state index in [2.05, 4.69) is 9.97 Å². The second-order valence-corrected chi connectivity index (χ2v) is 6.84. The van der Waals surface area contributed by atoms with Crippen LogP contribution in [-0.4, -0.2) is 15.0 Å². The molecule has 4 aromatic rings. The van der Waals surface area contributed by atoms with Gasteiger partial charge in [0.15, 0.2) is 11.4 Å². The molecule has 2 aromatic heterocycles. The summed E-state index contributed by atoms with van der Waals surface area (Å²) in [5.41, 5.74) is 10.0. The Labute approximate surface area is 150 Å². The molecule has 1 saturated carbocycles. The summed E-state index contributed by atoms with van der Waals surface area (Å²) in [5.74, 6) is 1.47. The van der Waals surface area contributed by atoms with Crippen molar-refractivity contribution in [3.63, 3.8) is 0 Å². The van der Waals surface area contributed by atoms with Crippen molar-refractivity contribution >= 4 is 16.8 Å². The minimum absolute atomic E-state index is 0.210. The van der Waals surface area contributed by atoms with Gasteiger partial charge in [0.25, 0.3) is 0 Å². The molecule has 0 saturated heterocycles. The van der Waals surface area contributed by atoms with Crippen molar-refractivity contribution in [2.24, 2.45) is 0 Å². The maximum Gasteiger partial charge on any atom is 0.206 e. The van der Waals surface area contributed by atoms with Crippen molar-refractivity contribution in [2.75, 3.05) is 5.73 Å². The average molecular weight is 342 g/mol. The van der Waals surface area contributed by atoms with Crippen molar-refractivity contribution in [1.82, 2.24) is 15.0 Å². The molecule has 0 aliphatic heterocycles. The van der Waals surface area contributed by atoms with Gasteiger partial charge in [0.2, 0.25) is 5.89 Å². The van der Waals surface area contributed by atoms with E-state index >= 15 is 0 Å². The molecule has 2 aromatic carbocycles. The Morgan fingerprint density at radius 2 is 1.65 bits per heavy atom. The van der Waals surface area contributed by atoms with Crippen molar-refractivity contribution in [2.45, 2.75) is 24.7 Å². The number of anilines is 1. The molecule has 5 rings (SSSR count). The molecule has 0 unspecified atom stereocenters. The summed E-state index contributed by atoms with van der Waals surface area (Å²) in [6.45, 7) is 0. The van der Waals surface area contributed by atoms with Gasteiger partial charge in [0, 0.05) is 29.2 Å². The zero-order valence-corrected chi connectivity index (χ0v) is 14.2. The minimum atomic E-state index is -0.210. The number of para-hydroxylation sites is 2. The normalized spacial score (nSPS) is 15.7. The predicted molar refractivity (Wildman–Crippen MR) is 101 cm³/mol. The van der Waals surface area contributed by atoms with Gasteiger partial charge in [-0.2, -0.15) is 0 Å². The zero-order valence-electron chi connectivity index (χ0n) is 14.2. The molecular weight excluding hydrogens is 324 g/mol. The number of aromatic nitrogens is 3. The Morgan fingerprint density at radius 1 is 0.923 bits per heavy atom. The van der Waals surface area contributed by atoms with Gasteiger partial charge < -0.3 is 10.2 Å². The first-order valence-corrected chi connectivity index (χ1v) is 8.79. The summed E-state index contributed by atoms with van der Waals surface area (Å²) < 4.78 is 6.08. The second-order valence-electron chi connectivity index (χ2n) is 6.84. The molecule has 0 bridgehead atoms. The third-order valence-corrected chi connectivity index (χ3v) is 5.28. The SMILES string of the molecule is Nc1ccc(-c2ncc(C3(c4nc5ccccc5o4)CCC3)cn2)cc1.